The van der Waals surface area contributed by atoms with E-state index >= 15 is 0 Å². The van der Waals surface area contributed by atoms with Gasteiger partial charge >= 0.3 is 0 Å². The Morgan fingerprint density at radius 3 is 2.64 bits per heavy atom. The van der Waals surface area contributed by atoms with Gasteiger partial charge in [0.25, 0.3) is 5.56 Å². The van der Waals surface area contributed by atoms with Crippen LogP contribution in [-0.2, 0) is 11.3 Å². The van der Waals surface area contributed by atoms with Gasteiger partial charge in [-0.15, -0.1) is 0 Å². The number of nitrogens with zero attached hydrogens (tertiary/aromatic N) is 2. The molecule has 0 aliphatic heterocycles. The van der Waals surface area contributed by atoms with E-state index in [1.807, 2.05) is 12.1 Å². The molecule has 0 atom stereocenters. The van der Waals surface area contributed by atoms with Crippen LogP contribution in [0.5, 0.6) is 0 Å². The van der Waals surface area contributed by atoms with E-state index in [4.69, 9.17) is 11.6 Å². The van der Waals surface area contributed by atoms with Gasteiger partial charge in [-0.05, 0) is 42.0 Å². The maximum atomic E-state index is 13.0. The summed E-state index contributed by atoms with van der Waals surface area (Å²) >= 11 is 6.03. The summed E-state index contributed by atoms with van der Waals surface area (Å²) in [5, 5.41) is 3.26. The van der Waals surface area contributed by atoms with E-state index in [-0.39, 0.29) is 30.4 Å². The van der Waals surface area contributed by atoms with Gasteiger partial charge in [0.2, 0.25) is 5.91 Å². The minimum Gasteiger partial charge on any atom is -0.351 e. The summed E-state index contributed by atoms with van der Waals surface area (Å²) in [6.07, 6.45) is 4.43. The van der Waals surface area contributed by atoms with Crippen molar-refractivity contribution in [1.82, 2.24) is 14.9 Å². The van der Waals surface area contributed by atoms with Crippen molar-refractivity contribution in [2.45, 2.75) is 6.54 Å². The highest BCUT2D eigenvalue weighted by atomic mass is 35.5. The lowest BCUT2D eigenvalue weighted by Gasteiger charge is -2.07. The minimum atomic E-state index is -0.351. The normalized spacial score (nSPS) is 10.9. The first-order chi connectivity index (χ1) is 13.5. The van der Waals surface area contributed by atoms with Crippen molar-refractivity contribution in [3.63, 3.8) is 0 Å². The quantitative estimate of drug-likeness (QED) is 0.647. The fourth-order valence-corrected chi connectivity index (χ4v) is 2.71. The third-order valence-electron chi connectivity index (χ3n) is 3.99. The summed E-state index contributed by atoms with van der Waals surface area (Å²) in [6.45, 7) is 0.546. The summed E-state index contributed by atoms with van der Waals surface area (Å²) in [6, 6.07) is 14.3. The lowest BCUT2D eigenvalue weighted by Crippen LogP contribution is -2.29. The van der Waals surface area contributed by atoms with Gasteiger partial charge in [-0.1, -0.05) is 29.8 Å². The fraction of sp³-hybridized carbons (Fsp3) is 0.0952. The number of hydrogen-bond acceptors (Lipinski definition) is 3. The third kappa shape index (κ3) is 5.14. The number of carbonyl (C=O) groups excluding carboxylic acids is 1. The molecule has 0 aliphatic rings. The van der Waals surface area contributed by atoms with Crippen LogP contribution in [0.15, 0.2) is 71.8 Å². The van der Waals surface area contributed by atoms with Crippen molar-refractivity contribution in [3.8, 4) is 11.3 Å². The summed E-state index contributed by atoms with van der Waals surface area (Å²) in [5.41, 5.74) is 1.61. The van der Waals surface area contributed by atoms with Crippen LogP contribution in [0, 0.1) is 5.82 Å². The van der Waals surface area contributed by atoms with Crippen LogP contribution in [0.1, 0.15) is 5.56 Å². The van der Waals surface area contributed by atoms with Crippen molar-refractivity contribution >= 4 is 23.6 Å². The van der Waals surface area contributed by atoms with Crippen LogP contribution >= 0.6 is 11.6 Å². The van der Waals surface area contributed by atoms with Crippen molar-refractivity contribution < 1.29 is 9.18 Å². The molecule has 1 N–H and O–H groups in total. The molecule has 5 nitrogen and oxygen atoms in total. The average molecular weight is 398 g/mol. The van der Waals surface area contributed by atoms with Crippen molar-refractivity contribution in [1.29, 1.82) is 0 Å². The van der Waals surface area contributed by atoms with Gasteiger partial charge in [0.1, 0.15) is 5.82 Å². The Morgan fingerprint density at radius 1 is 1.18 bits per heavy atom. The largest absolute Gasteiger partial charge is 0.351 e. The first-order valence-corrected chi connectivity index (χ1v) is 8.93. The number of hydrogen-bond donors (Lipinski definition) is 1. The summed E-state index contributed by atoms with van der Waals surface area (Å²) < 4.78 is 14.4. The molecule has 0 fully saturated rings. The summed E-state index contributed by atoms with van der Waals surface area (Å²) in [7, 11) is 0. The van der Waals surface area contributed by atoms with E-state index in [1.54, 1.807) is 30.3 Å². The van der Waals surface area contributed by atoms with Crippen LogP contribution < -0.4 is 10.9 Å². The molecule has 3 aromatic rings. The van der Waals surface area contributed by atoms with Gasteiger partial charge in [-0.3, -0.25) is 14.2 Å². The second-order valence-corrected chi connectivity index (χ2v) is 6.37. The molecule has 0 saturated carbocycles. The molecule has 2 aromatic carbocycles. The molecule has 0 unspecified atom stereocenters. The van der Waals surface area contributed by atoms with Crippen molar-refractivity contribution in [2.75, 3.05) is 6.54 Å². The molecule has 0 aliphatic carbocycles. The van der Waals surface area contributed by atoms with E-state index in [9.17, 15) is 14.0 Å². The second-order valence-electron chi connectivity index (χ2n) is 5.96. The summed E-state index contributed by atoms with van der Waals surface area (Å²) in [4.78, 5) is 28.3. The van der Waals surface area contributed by atoms with E-state index in [2.05, 4.69) is 10.3 Å². The predicted octanol–water partition coefficient (Wildman–Crippen LogP) is 3.53. The smallest absolute Gasteiger partial charge is 0.253 e. The number of rotatable bonds is 6. The van der Waals surface area contributed by atoms with Crippen molar-refractivity contribution in [2.24, 2.45) is 0 Å². The molecule has 28 heavy (non-hydrogen) atoms. The number of benzene rings is 2. The number of halogens is 2. The molecule has 3 rings (SSSR count). The van der Waals surface area contributed by atoms with Crippen LogP contribution in [0.2, 0.25) is 5.02 Å². The molecule has 0 saturated heterocycles. The van der Waals surface area contributed by atoms with Gasteiger partial charge in [-0.25, -0.2) is 9.37 Å². The molecule has 0 spiro atoms. The SMILES string of the molecule is O=C(/C=C/c1ccccc1Cl)NCCn1cnc(-c2ccc(F)cc2)cc1=O. The van der Waals surface area contributed by atoms with E-state index in [0.29, 0.717) is 16.3 Å². The number of carbonyl (C=O) groups is 1. The number of aromatic nitrogens is 2. The highest BCUT2D eigenvalue weighted by molar-refractivity contribution is 6.32. The van der Waals surface area contributed by atoms with E-state index < -0.39 is 0 Å². The summed E-state index contributed by atoms with van der Waals surface area (Å²) in [5.74, 6) is -0.639. The maximum Gasteiger partial charge on any atom is 0.253 e. The lowest BCUT2D eigenvalue weighted by atomic mass is 10.1. The molecule has 0 bridgehead atoms. The van der Waals surface area contributed by atoms with Crippen LogP contribution in [0.4, 0.5) is 4.39 Å². The van der Waals surface area contributed by atoms with Gasteiger partial charge in [-0.2, -0.15) is 0 Å². The maximum absolute atomic E-state index is 13.0. The number of nitrogens with one attached hydrogen (secondary N) is 1. The Morgan fingerprint density at radius 2 is 1.93 bits per heavy atom. The van der Waals surface area contributed by atoms with Gasteiger partial charge < -0.3 is 5.32 Å². The first kappa shape index (κ1) is 19.5. The molecular formula is C21H17ClFN3O2. The second kappa shape index (κ2) is 9.10. The topological polar surface area (TPSA) is 64.0 Å². The molecular weight excluding hydrogens is 381 g/mol. The zero-order chi connectivity index (χ0) is 19.9. The fourth-order valence-electron chi connectivity index (χ4n) is 2.51. The zero-order valence-corrected chi connectivity index (χ0v) is 15.6. The lowest BCUT2D eigenvalue weighted by molar-refractivity contribution is -0.116. The zero-order valence-electron chi connectivity index (χ0n) is 14.8. The van der Waals surface area contributed by atoms with E-state index in [1.165, 1.54) is 35.2 Å². The average Bonchev–Trinajstić information content (AvgIpc) is 2.69. The molecule has 1 heterocycles. The Bertz CT molecular complexity index is 1060. The van der Waals surface area contributed by atoms with Crippen LogP contribution in [-0.4, -0.2) is 22.0 Å². The minimum absolute atomic E-state index is 0.254. The standard InChI is InChI=1S/C21H17ClFN3O2/c22-18-4-2-1-3-15(18)7-10-20(27)24-11-12-26-14-25-19(13-21(26)28)16-5-8-17(23)9-6-16/h1-10,13-14H,11-12H2,(H,24,27)/b10-7+. The first-order valence-electron chi connectivity index (χ1n) is 8.56. The van der Waals surface area contributed by atoms with Gasteiger partial charge in [0.05, 0.1) is 12.0 Å². The predicted molar refractivity (Wildman–Crippen MR) is 107 cm³/mol. The van der Waals surface area contributed by atoms with Gasteiger partial charge in [0, 0.05) is 35.8 Å². The highest BCUT2D eigenvalue weighted by Crippen LogP contribution is 2.16. The van der Waals surface area contributed by atoms with Crippen LogP contribution in [0.3, 0.4) is 0 Å². The van der Waals surface area contributed by atoms with Crippen LogP contribution in [0.25, 0.3) is 17.3 Å². The third-order valence-corrected chi connectivity index (χ3v) is 4.34. The Labute approximate surface area is 166 Å². The molecule has 0 radical (unpaired) electrons. The van der Waals surface area contributed by atoms with Gasteiger partial charge in [0.15, 0.2) is 0 Å². The van der Waals surface area contributed by atoms with E-state index in [0.717, 1.165) is 5.56 Å². The Hall–Kier alpha value is -3.25. The molecule has 1 aromatic heterocycles. The number of amides is 1. The Balaban J connectivity index is 1.56. The molecule has 7 heteroatoms. The monoisotopic (exact) mass is 397 g/mol. The molecule has 142 valence electrons. The van der Waals surface area contributed by atoms with Crippen molar-refractivity contribution in [3.05, 3.63) is 93.8 Å². The molecule has 1 amide bonds. The Kier molecular flexibility index (Phi) is 6.34. The highest BCUT2D eigenvalue weighted by Gasteiger charge is 2.04.